The molecule has 3 aromatic heterocycles. The van der Waals surface area contributed by atoms with Crippen molar-refractivity contribution in [3.05, 3.63) is 80.9 Å². The molecule has 0 spiro atoms. The summed E-state index contributed by atoms with van der Waals surface area (Å²) in [6.07, 6.45) is 1.20. The molecule has 1 amide bonds. The Morgan fingerprint density at radius 3 is 2.73 bits per heavy atom. The highest BCUT2D eigenvalue weighted by Crippen LogP contribution is 2.40. The average Bonchev–Trinajstić information content (AvgIpc) is 3.11. The molecule has 1 saturated heterocycles. The molecule has 0 N–H and O–H groups in total. The molecule has 1 atom stereocenters. The van der Waals surface area contributed by atoms with Crippen molar-refractivity contribution in [2.45, 2.75) is 39.3 Å². The Bertz CT molecular complexity index is 1710. The predicted molar refractivity (Wildman–Crippen MR) is 152 cm³/mol. The number of piperazine rings is 1. The van der Waals surface area contributed by atoms with E-state index in [9.17, 15) is 9.59 Å². The third-order valence-corrected chi connectivity index (χ3v) is 7.69. The number of pyridine rings is 2. The maximum Gasteiger partial charge on any atom is 0.410 e. The van der Waals surface area contributed by atoms with Crippen LogP contribution in [0, 0.1) is 12.7 Å². The Kier molecular flexibility index (Phi) is 6.98. The Morgan fingerprint density at radius 2 is 1.98 bits per heavy atom. The third kappa shape index (κ3) is 4.73. The first-order valence-corrected chi connectivity index (χ1v) is 13.7. The number of carbonyl (C=O) groups is 1. The van der Waals surface area contributed by atoms with E-state index in [1.54, 1.807) is 17.2 Å². The van der Waals surface area contributed by atoms with Gasteiger partial charge in [-0.3, -0.25) is 9.55 Å². The highest BCUT2D eigenvalue weighted by atomic mass is 35.5. The Balaban J connectivity index is 1.41. The second kappa shape index (κ2) is 10.6. The van der Waals surface area contributed by atoms with E-state index in [-0.39, 0.29) is 54.3 Å². The summed E-state index contributed by atoms with van der Waals surface area (Å²) in [5.74, 6) is -0.596. The zero-order chi connectivity index (χ0) is 28.8. The number of aryl methyl sites for hydroxylation is 1. The number of hydrogen-bond donors (Lipinski definition) is 0. The summed E-state index contributed by atoms with van der Waals surface area (Å²) in [6, 6.07) is 10.8. The van der Waals surface area contributed by atoms with Crippen molar-refractivity contribution >= 4 is 34.4 Å². The van der Waals surface area contributed by atoms with Gasteiger partial charge in [-0.25, -0.2) is 14.0 Å². The molecule has 212 valence electrons. The average molecular weight is 579 g/mol. The molecule has 1 fully saturated rings. The van der Waals surface area contributed by atoms with Gasteiger partial charge in [0.2, 0.25) is 5.88 Å². The number of carbonyl (C=O) groups excluding carboxylic acids is 1. The zero-order valence-corrected chi connectivity index (χ0v) is 23.6. The van der Waals surface area contributed by atoms with Crippen LogP contribution in [0.5, 0.6) is 5.88 Å². The topological polar surface area (TPSA) is 103 Å². The molecule has 4 aromatic rings. The first-order valence-electron chi connectivity index (χ1n) is 13.4. The van der Waals surface area contributed by atoms with Crippen molar-refractivity contribution in [3.63, 3.8) is 0 Å². The predicted octanol–water partition coefficient (Wildman–Crippen LogP) is 4.62. The summed E-state index contributed by atoms with van der Waals surface area (Å²) in [6.45, 7) is 6.88. The molecule has 10 nitrogen and oxygen atoms in total. The van der Waals surface area contributed by atoms with Crippen LogP contribution in [0.2, 0.25) is 5.15 Å². The van der Waals surface area contributed by atoms with Gasteiger partial charge in [-0.05, 0) is 30.0 Å². The van der Waals surface area contributed by atoms with E-state index in [2.05, 4.69) is 15.0 Å². The molecule has 6 rings (SSSR count). The molecule has 41 heavy (non-hydrogen) atoms. The lowest BCUT2D eigenvalue weighted by atomic mass is 10.0. The highest BCUT2D eigenvalue weighted by Gasteiger charge is 2.38. The fourth-order valence-corrected chi connectivity index (χ4v) is 5.61. The zero-order valence-electron chi connectivity index (χ0n) is 22.8. The van der Waals surface area contributed by atoms with Crippen LogP contribution in [0.3, 0.4) is 0 Å². The molecule has 0 radical (unpaired) electrons. The third-order valence-electron chi connectivity index (χ3n) is 7.43. The van der Waals surface area contributed by atoms with Crippen molar-refractivity contribution in [1.82, 2.24) is 24.4 Å². The van der Waals surface area contributed by atoms with Crippen LogP contribution in [-0.2, 0) is 11.3 Å². The molecule has 5 heterocycles. The van der Waals surface area contributed by atoms with Gasteiger partial charge in [0.15, 0.2) is 11.0 Å². The summed E-state index contributed by atoms with van der Waals surface area (Å²) in [5.41, 5.74) is 1.93. The van der Waals surface area contributed by atoms with Crippen molar-refractivity contribution in [1.29, 1.82) is 0 Å². The monoisotopic (exact) mass is 578 g/mol. The van der Waals surface area contributed by atoms with E-state index in [0.29, 0.717) is 24.5 Å². The molecule has 2 aliphatic rings. The number of aromatic nitrogens is 4. The number of fused-ring (bicyclic) bond motifs is 2. The van der Waals surface area contributed by atoms with E-state index >= 15 is 4.39 Å². The maximum atomic E-state index is 15.9. The number of benzene rings is 1. The largest absolute Gasteiger partial charge is 0.475 e. The van der Waals surface area contributed by atoms with Crippen molar-refractivity contribution in [3.8, 4) is 11.6 Å². The number of anilines is 1. The molecule has 0 bridgehead atoms. The van der Waals surface area contributed by atoms with Gasteiger partial charge in [0.1, 0.15) is 29.9 Å². The summed E-state index contributed by atoms with van der Waals surface area (Å²) >= 11 is 6.26. The van der Waals surface area contributed by atoms with Gasteiger partial charge < -0.3 is 19.3 Å². The van der Waals surface area contributed by atoms with Crippen LogP contribution in [0.4, 0.5) is 15.0 Å². The number of nitrogens with zero attached hydrogens (tertiary/aromatic N) is 6. The number of rotatable bonds is 4. The van der Waals surface area contributed by atoms with Crippen LogP contribution in [0.25, 0.3) is 16.6 Å². The summed E-state index contributed by atoms with van der Waals surface area (Å²) < 4.78 is 28.7. The smallest absolute Gasteiger partial charge is 0.410 e. The quantitative estimate of drug-likeness (QED) is 0.323. The summed E-state index contributed by atoms with van der Waals surface area (Å²) in [5, 5.41) is -0.177. The van der Waals surface area contributed by atoms with Crippen LogP contribution in [0.15, 0.2) is 47.4 Å². The van der Waals surface area contributed by atoms with Crippen LogP contribution in [-0.4, -0.2) is 62.8 Å². The summed E-state index contributed by atoms with van der Waals surface area (Å²) in [4.78, 5) is 43.2. The Labute approximate surface area is 240 Å². The van der Waals surface area contributed by atoms with E-state index in [1.807, 2.05) is 56.0 Å². The second-order valence-electron chi connectivity index (χ2n) is 10.5. The van der Waals surface area contributed by atoms with Gasteiger partial charge in [-0.15, -0.1) is 0 Å². The summed E-state index contributed by atoms with van der Waals surface area (Å²) in [7, 11) is 0. The van der Waals surface area contributed by atoms with Gasteiger partial charge in [0.05, 0.1) is 17.4 Å². The molecule has 2 aliphatic heterocycles. The molecular weight excluding hydrogens is 551 g/mol. The standard InChI is InChI=1S/C29H28ClFN6O4/c1-16(2)22-23(17(3)9-10-32-22)37-24-20-26(34-28(37)38)36-12-11-35(29(39)41-14-18-7-5-4-6-8-18)13-19(36)15-40-27(20)33-25(30)21(24)31/h4-10,16,19H,11-15H2,1-3H3/t19-/m1/s1. The highest BCUT2D eigenvalue weighted by molar-refractivity contribution is 6.30. The fourth-order valence-electron chi connectivity index (χ4n) is 5.44. The fraction of sp³-hybridized carbons (Fsp3) is 0.345. The lowest BCUT2D eigenvalue weighted by molar-refractivity contribution is 0.0850. The van der Waals surface area contributed by atoms with Gasteiger partial charge in [0, 0.05) is 25.8 Å². The molecule has 0 aliphatic carbocycles. The van der Waals surface area contributed by atoms with Gasteiger partial charge >= 0.3 is 11.8 Å². The maximum absolute atomic E-state index is 15.9. The molecule has 12 heteroatoms. The molecular formula is C29H28ClFN6O4. The first kappa shape index (κ1) is 26.9. The van der Waals surface area contributed by atoms with Crippen molar-refractivity contribution in [2.75, 3.05) is 31.1 Å². The normalized spacial score (nSPS) is 16.4. The SMILES string of the molecule is Cc1ccnc(C(C)C)c1-n1c(=O)nc2c3c(nc(Cl)c(F)c31)OC[C@H]1CN(C(=O)OCc3ccccc3)CCN21. The van der Waals surface area contributed by atoms with Crippen LogP contribution >= 0.6 is 11.6 Å². The minimum absolute atomic E-state index is 0.0580. The first-order chi connectivity index (χ1) is 19.7. The molecule has 0 unspecified atom stereocenters. The van der Waals surface area contributed by atoms with E-state index in [1.165, 1.54) is 4.57 Å². The Morgan fingerprint density at radius 1 is 1.20 bits per heavy atom. The number of amides is 1. The lowest BCUT2D eigenvalue weighted by Crippen LogP contribution is -2.57. The van der Waals surface area contributed by atoms with Gasteiger partial charge in [0.25, 0.3) is 0 Å². The lowest BCUT2D eigenvalue weighted by Gasteiger charge is -2.40. The van der Waals surface area contributed by atoms with Gasteiger partial charge in [-0.1, -0.05) is 55.8 Å². The van der Waals surface area contributed by atoms with Crippen LogP contribution in [0.1, 0.15) is 36.6 Å². The number of halogens is 2. The van der Waals surface area contributed by atoms with Crippen molar-refractivity contribution < 1.29 is 18.7 Å². The minimum Gasteiger partial charge on any atom is -0.475 e. The van der Waals surface area contributed by atoms with E-state index in [0.717, 1.165) is 11.1 Å². The molecule has 1 aromatic carbocycles. The van der Waals surface area contributed by atoms with E-state index in [4.69, 9.17) is 21.1 Å². The van der Waals surface area contributed by atoms with Crippen molar-refractivity contribution in [2.24, 2.45) is 0 Å². The molecule has 0 saturated carbocycles. The van der Waals surface area contributed by atoms with Gasteiger partial charge in [-0.2, -0.15) is 9.97 Å². The Hall–Kier alpha value is -4.25. The number of ether oxygens (including phenoxy) is 2. The van der Waals surface area contributed by atoms with E-state index < -0.39 is 22.8 Å². The second-order valence-corrected chi connectivity index (χ2v) is 10.8. The minimum atomic E-state index is -0.852. The number of hydrogen-bond acceptors (Lipinski definition) is 8. The van der Waals surface area contributed by atoms with Crippen LogP contribution < -0.4 is 15.3 Å².